The van der Waals surface area contributed by atoms with Crippen molar-refractivity contribution in [2.45, 2.75) is 13.0 Å². The summed E-state index contributed by atoms with van der Waals surface area (Å²) in [5.74, 6) is 3.34. The van der Waals surface area contributed by atoms with Crippen molar-refractivity contribution in [1.29, 1.82) is 0 Å². The van der Waals surface area contributed by atoms with Crippen molar-refractivity contribution < 1.29 is 4.74 Å². The van der Waals surface area contributed by atoms with Gasteiger partial charge in [-0.05, 0) is 56.6 Å². The molecule has 0 aromatic heterocycles. The van der Waals surface area contributed by atoms with E-state index in [0.717, 1.165) is 21.2 Å². The maximum Gasteiger partial charge on any atom is 0.147 e. The Bertz CT molecular complexity index is 375. The Balaban J connectivity index is 2.81. The molecule has 1 aromatic rings. The van der Waals surface area contributed by atoms with Crippen LogP contribution >= 0.6 is 31.9 Å². The SMILES string of the molecule is C#CCCOc1c(Br)cc(CNC)cc1Br. The molecule has 0 radical (unpaired) electrons. The van der Waals surface area contributed by atoms with E-state index in [9.17, 15) is 0 Å². The van der Waals surface area contributed by atoms with Crippen LogP contribution < -0.4 is 10.1 Å². The number of benzene rings is 1. The second-order valence-corrected chi connectivity index (χ2v) is 4.93. The lowest BCUT2D eigenvalue weighted by Gasteiger charge is -2.11. The summed E-state index contributed by atoms with van der Waals surface area (Å²) in [6, 6.07) is 4.07. The van der Waals surface area contributed by atoms with Crippen LogP contribution in [0.15, 0.2) is 21.1 Å². The first-order valence-corrected chi connectivity index (χ1v) is 6.46. The number of hydrogen-bond acceptors (Lipinski definition) is 2. The lowest BCUT2D eigenvalue weighted by Crippen LogP contribution is -2.05. The maximum absolute atomic E-state index is 5.58. The van der Waals surface area contributed by atoms with Crippen molar-refractivity contribution in [3.05, 3.63) is 26.6 Å². The molecule has 0 saturated carbocycles. The Morgan fingerprint density at radius 1 is 1.38 bits per heavy atom. The number of nitrogens with one attached hydrogen (secondary N) is 1. The van der Waals surface area contributed by atoms with E-state index in [1.165, 1.54) is 5.56 Å². The number of terminal acetylenes is 1. The average molecular weight is 347 g/mol. The largest absolute Gasteiger partial charge is 0.490 e. The summed E-state index contributed by atoms with van der Waals surface area (Å²) < 4.78 is 7.45. The Morgan fingerprint density at radius 2 is 2.00 bits per heavy atom. The average Bonchev–Trinajstić information content (AvgIpc) is 2.23. The fraction of sp³-hybridized carbons (Fsp3) is 0.333. The molecule has 2 nitrogen and oxygen atoms in total. The van der Waals surface area contributed by atoms with Crippen LogP contribution in [0.4, 0.5) is 0 Å². The number of rotatable bonds is 5. The van der Waals surface area contributed by atoms with E-state index in [1.807, 2.05) is 19.2 Å². The van der Waals surface area contributed by atoms with Crippen LogP contribution in [0.25, 0.3) is 0 Å². The van der Waals surface area contributed by atoms with E-state index in [2.05, 4.69) is 43.1 Å². The van der Waals surface area contributed by atoms with Crippen LogP contribution in [0, 0.1) is 12.3 Å². The molecule has 0 spiro atoms. The van der Waals surface area contributed by atoms with Crippen molar-refractivity contribution >= 4 is 31.9 Å². The molecule has 0 fully saturated rings. The molecule has 86 valence electrons. The highest BCUT2D eigenvalue weighted by Gasteiger charge is 2.08. The van der Waals surface area contributed by atoms with E-state index in [0.29, 0.717) is 13.0 Å². The standard InChI is InChI=1S/C12H13Br2NO/c1-3-4-5-16-12-10(13)6-9(8-15-2)7-11(12)14/h1,6-7,15H,4-5,8H2,2H3. The fourth-order valence-electron chi connectivity index (χ4n) is 1.27. The summed E-state index contributed by atoms with van der Waals surface area (Å²) >= 11 is 6.97. The van der Waals surface area contributed by atoms with Gasteiger partial charge in [-0.1, -0.05) is 0 Å². The molecular weight excluding hydrogens is 334 g/mol. The van der Waals surface area contributed by atoms with Gasteiger partial charge in [-0.3, -0.25) is 0 Å². The normalized spacial score (nSPS) is 9.88. The predicted molar refractivity (Wildman–Crippen MR) is 73.6 cm³/mol. The number of hydrogen-bond donors (Lipinski definition) is 1. The zero-order chi connectivity index (χ0) is 12.0. The third-order valence-corrected chi connectivity index (χ3v) is 3.11. The van der Waals surface area contributed by atoms with Gasteiger partial charge >= 0.3 is 0 Å². The van der Waals surface area contributed by atoms with Crippen molar-refractivity contribution in [3.63, 3.8) is 0 Å². The first kappa shape index (κ1) is 13.6. The predicted octanol–water partition coefficient (Wildman–Crippen LogP) is 3.33. The van der Waals surface area contributed by atoms with Gasteiger partial charge in [0.15, 0.2) is 0 Å². The van der Waals surface area contributed by atoms with Crippen LogP contribution in [0.5, 0.6) is 5.75 Å². The smallest absolute Gasteiger partial charge is 0.147 e. The van der Waals surface area contributed by atoms with Gasteiger partial charge in [0, 0.05) is 13.0 Å². The van der Waals surface area contributed by atoms with Crippen molar-refractivity contribution in [3.8, 4) is 18.1 Å². The second kappa shape index (κ2) is 6.95. The molecule has 0 bridgehead atoms. The first-order chi connectivity index (χ1) is 7.69. The van der Waals surface area contributed by atoms with Gasteiger partial charge in [0.2, 0.25) is 0 Å². The molecule has 1 rings (SSSR count). The van der Waals surface area contributed by atoms with Crippen LogP contribution in [0.1, 0.15) is 12.0 Å². The molecule has 0 unspecified atom stereocenters. The van der Waals surface area contributed by atoms with Gasteiger partial charge < -0.3 is 10.1 Å². The summed E-state index contributed by atoms with van der Waals surface area (Å²) in [4.78, 5) is 0. The molecule has 0 heterocycles. The van der Waals surface area contributed by atoms with Gasteiger partial charge in [0.1, 0.15) is 5.75 Å². The van der Waals surface area contributed by atoms with Gasteiger partial charge in [-0.2, -0.15) is 0 Å². The quantitative estimate of drug-likeness (QED) is 0.652. The molecule has 0 amide bonds. The topological polar surface area (TPSA) is 21.3 Å². The van der Waals surface area contributed by atoms with Gasteiger partial charge in [-0.15, -0.1) is 12.3 Å². The Kier molecular flexibility index (Phi) is 5.89. The highest BCUT2D eigenvalue weighted by Crippen LogP contribution is 2.34. The van der Waals surface area contributed by atoms with Crippen molar-refractivity contribution in [2.75, 3.05) is 13.7 Å². The van der Waals surface area contributed by atoms with Crippen molar-refractivity contribution in [1.82, 2.24) is 5.32 Å². The van der Waals surface area contributed by atoms with Crippen LogP contribution in [0.2, 0.25) is 0 Å². The zero-order valence-electron chi connectivity index (χ0n) is 9.02. The van der Waals surface area contributed by atoms with Crippen molar-refractivity contribution in [2.24, 2.45) is 0 Å². The summed E-state index contributed by atoms with van der Waals surface area (Å²) in [6.07, 6.45) is 5.78. The molecule has 0 aliphatic heterocycles. The summed E-state index contributed by atoms with van der Waals surface area (Å²) in [6.45, 7) is 1.35. The Labute approximate surface area is 113 Å². The van der Waals surface area contributed by atoms with E-state index < -0.39 is 0 Å². The lowest BCUT2D eigenvalue weighted by molar-refractivity contribution is 0.323. The van der Waals surface area contributed by atoms with E-state index in [4.69, 9.17) is 11.2 Å². The number of ether oxygens (including phenoxy) is 1. The minimum Gasteiger partial charge on any atom is -0.490 e. The Hall–Kier alpha value is -0.500. The third kappa shape index (κ3) is 3.82. The molecule has 0 aliphatic carbocycles. The molecular formula is C12H13Br2NO. The highest BCUT2D eigenvalue weighted by atomic mass is 79.9. The molecule has 1 aromatic carbocycles. The molecule has 16 heavy (non-hydrogen) atoms. The summed E-state index contributed by atoms with van der Waals surface area (Å²) in [7, 11) is 1.92. The Morgan fingerprint density at radius 3 is 2.50 bits per heavy atom. The molecule has 0 saturated heterocycles. The monoisotopic (exact) mass is 345 g/mol. The van der Waals surface area contributed by atoms with E-state index >= 15 is 0 Å². The van der Waals surface area contributed by atoms with E-state index in [-0.39, 0.29) is 0 Å². The molecule has 0 atom stereocenters. The summed E-state index contributed by atoms with van der Waals surface area (Å²) in [5, 5.41) is 3.10. The number of halogens is 2. The van der Waals surface area contributed by atoms with Crippen LogP contribution in [-0.4, -0.2) is 13.7 Å². The minimum atomic E-state index is 0.527. The third-order valence-electron chi connectivity index (χ3n) is 1.93. The zero-order valence-corrected chi connectivity index (χ0v) is 12.2. The highest BCUT2D eigenvalue weighted by molar-refractivity contribution is 9.11. The molecule has 4 heteroatoms. The van der Waals surface area contributed by atoms with Gasteiger partial charge in [-0.25, -0.2) is 0 Å². The van der Waals surface area contributed by atoms with Gasteiger partial charge in [0.25, 0.3) is 0 Å². The fourth-order valence-corrected chi connectivity index (χ4v) is 2.78. The summed E-state index contributed by atoms with van der Waals surface area (Å²) in [5.41, 5.74) is 1.19. The maximum atomic E-state index is 5.58. The van der Waals surface area contributed by atoms with E-state index in [1.54, 1.807) is 0 Å². The van der Waals surface area contributed by atoms with Crippen LogP contribution in [-0.2, 0) is 6.54 Å². The lowest BCUT2D eigenvalue weighted by atomic mass is 10.2. The first-order valence-electron chi connectivity index (χ1n) is 4.87. The molecule has 0 aliphatic rings. The van der Waals surface area contributed by atoms with Gasteiger partial charge in [0.05, 0.1) is 15.6 Å². The second-order valence-electron chi connectivity index (χ2n) is 3.22. The molecule has 1 N–H and O–H groups in total. The minimum absolute atomic E-state index is 0.527. The van der Waals surface area contributed by atoms with Crippen LogP contribution in [0.3, 0.4) is 0 Å².